The van der Waals surface area contributed by atoms with Gasteiger partial charge in [0.15, 0.2) is 0 Å². The zero-order chi connectivity index (χ0) is 16.8. The number of rotatable bonds is 5. The highest BCUT2D eigenvalue weighted by molar-refractivity contribution is 6.32. The molecule has 0 fully saturated rings. The van der Waals surface area contributed by atoms with Gasteiger partial charge in [0, 0.05) is 11.3 Å². The second-order valence-corrected chi connectivity index (χ2v) is 5.36. The molecule has 23 heavy (non-hydrogen) atoms. The van der Waals surface area contributed by atoms with E-state index in [0.717, 1.165) is 5.56 Å². The maximum absolute atomic E-state index is 12.0. The molecular formula is C17H17ClN2O3. The highest BCUT2D eigenvalue weighted by Gasteiger charge is 2.09. The Labute approximate surface area is 139 Å². The molecule has 2 aromatic rings. The molecule has 0 aliphatic carbocycles. The van der Waals surface area contributed by atoms with Crippen molar-refractivity contribution in [2.45, 2.75) is 6.92 Å². The number of carbonyl (C=O) groups is 2. The molecule has 0 aliphatic heterocycles. The molecule has 2 aromatic carbocycles. The van der Waals surface area contributed by atoms with E-state index < -0.39 is 0 Å². The molecule has 2 rings (SSSR count). The molecule has 0 spiro atoms. The van der Waals surface area contributed by atoms with Crippen LogP contribution in [0.15, 0.2) is 42.5 Å². The van der Waals surface area contributed by atoms with Gasteiger partial charge in [0.05, 0.1) is 18.7 Å². The van der Waals surface area contributed by atoms with E-state index in [1.54, 1.807) is 36.4 Å². The summed E-state index contributed by atoms with van der Waals surface area (Å²) in [4.78, 5) is 23.8. The molecular weight excluding hydrogens is 316 g/mol. The smallest absolute Gasteiger partial charge is 0.251 e. The van der Waals surface area contributed by atoms with Crippen LogP contribution >= 0.6 is 11.6 Å². The van der Waals surface area contributed by atoms with Crippen LogP contribution in [0.3, 0.4) is 0 Å². The fraction of sp³-hybridized carbons (Fsp3) is 0.176. The van der Waals surface area contributed by atoms with Gasteiger partial charge in [0.2, 0.25) is 5.91 Å². The van der Waals surface area contributed by atoms with E-state index in [0.29, 0.717) is 22.0 Å². The third-order valence-electron chi connectivity index (χ3n) is 3.13. The second-order valence-electron chi connectivity index (χ2n) is 4.95. The third kappa shape index (κ3) is 4.72. The molecule has 0 radical (unpaired) electrons. The summed E-state index contributed by atoms with van der Waals surface area (Å²) < 4.78 is 5.04. The number of benzene rings is 2. The predicted molar refractivity (Wildman–Crippen MR) is 90.1 cm³/mol. The lowest BCUT2D eigenvalue weighted by Crippen LogP contribution is -2.32. The molecule has 5 nitrogen and oxygen atoms in total. The second kappa shape index (κ2) is 7.65. The summed E-state index contributed by atoms with van der Waals surface area (Å²) in [6.07, 6.45) is 0. The number of amides is 2. The number of aryl methyl sites for hydroxylation is 1. The van der Waals surface area contributed by atoms with Gasteiger partial charge in [-0.25, -0.2) is 0 Å². The van der Waals surface area contributed by atoms with E-state index in [4.69, 9.17) is 16.3 Å². The average molecular weight is 333 g/mol. The Morgan fingerprint density at radius 3 is 2.61 bits per heavy atom. The fourth-order valence-corrected chi connectivity index (χ4v) is 2.26. The molecule has 0 heterocycles. The highest BCUT2D eigenvalue weighted by atomic mass is 35.5. The number of ether oxygens (including phenoxy) is 1. The van der Waals surface area contributed by atoms with Crippen LogP contribution in [0.25, 0.3) is 0 Å². The minimum atomic E-state index is -0.341. The fourth-order valence-electron chi connectivity index (χ4n) is 2.00. The van der Waals surface area contributed by atoms with Gasteiger partial charge in [0.25, 0.3) is 5.91 Å². The molecule has 0 aliphatic rings. The molecule has 0 atom stereocenters. The SMILES string of the molecule is COc1ccc(NC(=O)CNC(=O)c2cccc(C)c2)cc1Cl. The average Bonchev–Trinajstić information content (AvgIpc) is 2.53. The lowest BCUT2D eigenvalue weighted by molar-refractivity contribution is -0.115. The summed E-state index contributed by atoms with van der Waals surface area (Å²) in [5, 5.41) is 5.63. The summed E-state index contributed by atoms with van der Waals surface area (Å²) >= 11 is 5.99. The monoisotopic (exact) mass is 332 g/mol. The molecule has 6 heteroatoms. The highest BCUT2D eigenvalue weighted by Crippen LogP contribution is 2.27. The Balaban J connectivity index is 1.90. The van der Waals surface area contributed by atoms with Gasteiger partial charge in [-0.3, -0.25) is 9.59 Å². The first kappa shape index (κ1) is 16.8. The van der Waals surface area contributed by atoms with Gasteiger partial charge < -0.3 is 15.4 Å². The summed E-state index contributed by atoms with van der Waals surface area (Å²) in [7, 11) is 1.51. The normalized spacial score (nSPS) is 10.0. The first-order valence-electron chi connectivity index (χ1n) is 6.98. The van der Waals surface area contributed by atoms with Gasteiger partial charge in [-0.15, -0.1) is 0 Å². The van der Waals surface area contributed by atoms with E-state index in [-0.39, 0.29) is 18.4 Å². The maximum atomic E-state index is 12.0. The van der Waals surface area contributed by atoms with Crippen molar-refractivity contribution in [3.8, 4) is 5.75 Å². The number of hydrogen-bond donors (Lipinski definition) is 2. The number of nitrogens with one attached hydrogen (secondary N) is 2. The van der Waals surface area contributed by atoms with Crippen molar-refractivity contribution in [2.75, 3.05) is 19.0 Å². The summed E-state index contributed by atoms with van der Waals surface area (Å²) in [5.74, 6) is -0.110. The summed E-state index contributed by atoms with van der Waals surface area (Å²) in [6, 6.07) is 12.1. The molecule has 2 N–H and O–H groups in total. The van der Waals surface area contributed by atoms with Crippen molar-refractivity contribution in [2.24, 2.45) is 0 Å². The molecule has 120 valence electrons. The molecule has 0 bridgehead atoms. The topological polar surface area (TPSA) is 67.4 Å². The largest absolute Gasteiger partial charge is 0.495 e. The van der Waals surface area contributed by atoms with Crippen LogP contribution in [0.1, 0.15) is 15.9 Å². The van der Waals surface area contributed by atoms with Gasteiger partial charge in [-0.1, -0.05) is 29.3 Å². The van der Waals surface area contributed by atoms with Crippen LogP contribution in [0, 0.1) is 6.92 Å². The van der Waals surface area contributed by atoms with Crippen LogP contribution in [0.2, 0.25) is 5.02 Å². The Morgan fingerprint density at radius 1 is 1.17 bits per heavy atom. The summed E-state index contributed by atoms with van der Waals surface area (Å²) in [5.41, 5.74) is 2.03. The lowest BCUT2D eigenvalue weighted by Gasteiger charge is -2.09. The van der Waals surface area contributed by atoms with Gasteiger partial charge in [-0.2, -0.15) is 0 Å². The van der Waals surface area contributed by atoms with Crippen LogP contribution < -0.4 is 15.4 Å². The van der Waals surface area contributed by atoms with Crippen LogP contribution in [0.5, 0.6) is 5.75 Å². The van der Waals surface area contributed by atoms with Gasteiger partial charge in [-0.05, 0) is 37.3 Å². The summed E-state index contributed by atoms with van der Waals surface area (Å²) in [6.45, 7) is 1.77. The molecule has 0 saturated heterocycles. The van der Waals surface area contributed by atoms with Crippen molar-refractivity contribution in [3.05, 3.63) is 58.6 Å². The first-order valence-corrected chi connectivity index (χ1v) is 7.35. The van der Waals surface area contributed by atoms with Crippen molar-refractivity contribution in [1.29, 1.82) is 0 Å². The number of methoxy groups -OCH3 is 1. The number of carbonyl (C=O) groups excluding carboxylic acids is 2. The quantitative estimate of drug-likeness (QED) is 0.884. The third-order valence-corrected chi connectivity index (χ3v) is 3.42. The Morgan fingerprint density at radius 2 is 1.96 bits per heavy atom. The van der Waals surface area contributed by atoms with E-state index in [1.807, 2.05) is 13.0 Å². The Bertz CT molecular complexity index is 732. The standard InChI is InChI=1S/C17H17ClN2O3/c1-11-4-3-5-12(8-11)17(22)19-10-16(21)20-13-6-7-15(23-2)14(18)9-13/h3-9H,10H2,1-2H3,(H,19,22)(H,20,21). The molecule has 0 aromatic heterocycles. The van der Waals surface area contributed by atoms with Gasteiger partial charge in [0.1, 0.15) is 5.75 Å². The van der Waals surface area contributed by atoms with Crippen LogP contribution in [0.4, 0.5) is 5.69 Å². The maximum Gasteiger partial charge on any atom is 0.251 e. The van der Waals surface area contributed by atoms with Gasteiger partial charge >= 0.3 is 0 Å². The van der Waals surface area contributed by atoms with E-state index in [9.17, 15) is 9.59 Å². The van der Waals surface area contributed by atoms with Crippen molar-refractivity contribution < 1.29 is 14.3 Å². The minimum Gasteiger partial charge on any atom is -0.495 e. The Kier molecular flexibility index (Phi) is 5.60. The van der Waals surface area contributed by atoms with Crippen molar-refractivity contribution >= 4 is 29.1 Å². The molecule has 0 saturated carbocycles. The number of hydrogen-bond acceptors (Lipinski definition) is 3. The van der Waals surface area contributed by atoms with E-state index in [2.05, 4.69) is 10.6 Å². The van der Waals surface area contributed by atoms with Crippen molar-refractivity contribution in [3.63, 3.8) is 0 Å². The number of halogens is 1. The van der Waals surface area contributed by atoms with Crippen LogP contribution in [-0.4, -0.2) is 25.5 Å². The van der Waals surface area contributed by atoms with Crippen molar-refractivity contribution in [1.82, 2.24) is 5.32 Å². The van der Waals surface area contributed by atoms with Crippen LogP contribution in [-0.2, 0) is 4.79 Å². The van der Waals surface area contributed by atoms with E-state index in [1.165, 1.54) is 7.11 Å². The minimum absolute atomic E-state index is 0.129. The predicted octanol–water partition coefficient (Wildman–Crippen LogP) is 3.03. The zero-order valence-electron chi connectivity index (χ0n) is 12.9. The lowest BCUT2D eigenvalue weighted by atomic mass is 10.1. The zero-order valence-corrected chi connectivity index (χ0v) is 13.6. The van der Waals surface area contributed by atoms with E-state index >= 15 is 0 Å². The molecule has 2 amide bonds. The first-order chi connectivity index (χ1) is 11.0. The Hall–Kier alpha value is -2.53. The number of anilines is 1. The molecule has 0 unspecified atom stereocenters.